The highest BCUT2D eigenvalue weighted by Gasteiger charge is 2.36. The van der Waals surface area contributed by atoms with E-state index >= 15 is 0 Å². The quantitative estimate of drug-likeness (QED) is 0.832. The molecule has 0 aromatic heterocycles. The van der Waals surface area contributed by atoms with E-state index in [9.17, 15) is 0 Å². The van der Waals surface area contributed by atoms with Crippen LogP contribution < -0.4 is 5.32 Å². The van der Waals surface area contributed by atoms with Crippen LogP contribution in [0.25, 0.3) is 0 Å². The van der Waals surface area contributed by atoms with E-state index in [2.05, 4.69) is 49.0 Å². The minimum absolute atomic E-state index is 0.548. The third-order valence-corrected chi connectivity index (χ3v) is 6.63. The molecule has 2 unspecified atom stereocenters. The molecule has 1 N–H and O–H groups in total. The monoisotopic (exact) mass is 298 g/mol. The lowest BCUT2D eigenvalue weighted by Crippen LogP contribution is -2.58. The van der Waals surface area contributed by atoms with E-state index in [4.69, 9.17) is 0 Å². The standard InChI is InChI=1S/C17H34N2S/c1-14(2)10-16-12-19(15(3)11-18-16)13-17(20-4)8-6-5-7-9-17/h14-16,18H,5-13H2,1-4H3. The molecule has 1 heterocycles. The first-order chi connectivity index (χ1) is 9.54. The van der Waals surface area contributed by atoms with Crippen LogP contribution in [0.1, 0.15) is 59.3 Å². The molecule has 1 aliphatic carbocycles. The van der Waals surface area contributed by atoms with Gasteiger partial charge < -0.3 is 5.32 Å². The third-order valence-electron chi connectivity index (χ3n) is 5.23. The number of piperazine rings is 1. The molecule has 1 aliphatic heterocycles. The van der Waals surface area contributed by atoms with E-state index in [1.165, 1.54) is 58.2 Å². The average molecular weight is 299 g/mol. The molecule has 20 heavy (non-hydrogen) atoms. The van der Waals surface area contributed by atoms with Crippen molar-refractivity contribution in [3.8, 4) is 0 Å². The van der Waals surface area contributed by atoms with E-state index in [1.54, 1.807) is 0 Å². The van der Waals surface area contributed by atoms with E-state index in [1.807, 2.05) is 0 Å². The normalized spacial score (nSPS) is 31.6. The Balaban J connectivity index is 1.94. The van der Waals surface area contributed by atoms with Crippen molar-refractivity contribution in [2.45, 2.75) is 76.1 Å². The van der Waals surface area contributed by atoms with Gasteiger partial charge in [-0.3, -0.25) is 4.90 Å². The van der Waals surface area contributed by atoms with Gasteiger partial charge >= 0.3 is 0 Å². The Morgan fingerprint density at radius 2 is 1.95 bits per heavy atom. The summed E-state index contributed by atoms with van der Waals surface area (Å²) in [5.74, 6) is 0.798. The van der Waals surface area contributed by atoms with Crippen molar-refractivity contribution in [1.82, 2.24) is 10.2 Å². The molecule has 0 amide bonds. The van der Waals surface area contributed by atoms with E-state index in [0.29, 0.717) is 16.8 Å². The topological polar surface area (TPSA) is 15.3 Å². The second-order valence-corrected chi connectivity index (χ2v) is 8.74. The smallest absolute Gasteiger partial charge is 0.0284 e. The SMILES string of the molecule is CSC1(CN2CC(CC(C)C)NCC2C)CCCCC1. The van der Waals surface area contributed by atoms with Crippen LogP contribution in [0.3, 0.4) is 0 Å². The van der Waals surface area contributed by atoms with Crippen LogP contribution in [0, 0.1) is 5.92 Å². The lowest BCUT2D eigenvalue weighted by atomic mass is 9.87. The minimum atomic E-state index is 0.548. The first kappa shape index (κ1) is 16.6. The van der Waals surface area contributed by atoms with Crippen molar-refractivity contribution in [3.05, 3.63) is 0 Å². The highest BCUT2D eigenvalue weighted by atomic mass is 32.2. The third kappa shape index (κ3) is 4.38. The van der Waals surface area contributed by atoms with Gasteiger partial charge in [0.25, 0.3) is 0 Å². The van der Waals surface area contributed by atoms with Gasteiger partial charge in [-0.1, -0.05) is 33.1 Å². The van der Waals surface area contributed by atoms with Crippen LogP contribution in [-0.2, 0) is 0 Å². The van der Waals surface area contributed by atoms with Crippen LogP contribution >= 0.6 is 11.8 Å². The van der Waals surface area contributed by atoms with E-state index in [0.717, 1.165) is 5.92 Å². The second kappa shape index (κ2) is 7.51. The Hall–Kier alpha value is 0.270. The lowest BCUT2D eigenvalue weighted by molar-refractivity contribution is 0.111. The Morgan fingerprint density at radius 1 is 1.25 bits per heavy atom. The molecule has 3 heteroatoms. The number of hydrogen-bond acceptors (Lipinski definition) is 3. The molecular weight excluding hydrogens is 264 g/mol. The zero-order chi connectivity index (χ0) is 14.6. The molecule has 0 spiro atoms. The number of hydrogen-bond donors (Lipinski definition) is 1. The van der Waals surface area contributed by atoms with Crippen LogP contribution in [0.15, 0.2) is 0 Å². The summed E-state index contributed by atoms with van der Waals surface area (Å²) in [5, 5.41) is 3.75. The molecule has 2 aliphatic rings. The molecule has 118 valence electrons. The van der Waals surface area contributed by atoms with Crippen LogP contribution in [0.5, 0.6) is 0 Å². The van der Waals surface area contributed by atoms with E-state index in [-0.39, 0.29) is 0 Å². The maximum absolute atomic E-state index is 3.75. The second-order valence-electron chi connectivity index (χ2n) is 7.46. The van der Waals surface area contributed by atoms with Crippen molar-refractivity contribution in [3.63, 3.8) is 0 Å². The zero-order valence-corrected chi connectivity index (χ0v) is 14.8. The van der Waals surface area contributed by atoms with Gasteiger partial charge in [0.1, 0.15) is 0 Å². The number of rotatable bonds is 5. The van der Waals surface area contributed by atoms with Gasteiger partial charge in [0.15, 0.2) is 0 Å². The van der Waals surface area contributed by atoms with Crippen LogP contribution in [0.4, 0.5) is 0 Å². The number of nitrogens with zero attached hydrogens (tertiary/aromatic N) is 1. The summed E-state index contributed by atoms with van der Waals surface area (Å²) in [6.45, 7) is 10.8. The van der Waals surface area contributed by atoms with Crippen molar-refractivity contribution >= 4 is 11.8 Å². The Kier molecular flexibility index (Phi) is 6.25. The van der Waals surface area contributed by atoms with Crippen LogP contribution in [-0.4, -0.2) is 47.6 Å². The number of nitrogens with one attached hydrogen (secondary N) is 1. The Bertz CT molecular complexity index is 287. The number of thioether (sulfide) groups is 1. The predicted octanol–water partition coefficient (Wildman–Crippen LogP) is 3.76. The summed E-state index contributed by atoms with van der Waals surface area (Å²) in [6.07, 6.45) is 10.8. The van der Waals surface area contributed by atoms with Gasteiger partial charge in [-0.25, -0.2) is 0 Å². The van der Waals surface area contributed by atoms with Crippen molar-refractivity contribution in [1.29, 1.82) is 0 Å². The lowest BCUT2D eigenvalue weighted by Gasteiger charge is -2.46. The average Bonchev–Trinajstić information content (AvgIpc) is 2.43. The predicted molar refractivity (Wildman–Crippen MR) is 91.6 cm³/mol. The molecule has 2 rings (SSSR count). The first-order valence-corrected chi connectivity index (χ1v) is 9.80. The summed E-state index contributed by atoms with van der Waals surface area (Å²) >= 11 is 2.14. The van der Waals surface area contributed by atoms with Gasteiger partial charge in [0, 0.05) is 36.5 Å². The summed E-state index contributed by atoms with van der Waals surface area (Å²) in [7, 11) is 0. The van der Waals surface area contributed by atoms with Crippen molar-refractivity contribution < 1.29 is 0 Å². The van der Waals surface area contributed by atoms with E-state index < -0.39 is 0 Å². The molecule has 1 saturated carbocycles. The molecule has 0 radical (unpaired) electrons. The maximum atomic E-state index is 3.75. The molecule has 0 aromatic carbocycles. The largest absolute Gasteiger partial charge is 0.311 e. The molecule has 1 saturated heterocycles. The molecule has 0 aromatic rings. The molecule has 2 nitrogen and oxygen atoms in total. The van der Waals surface area contributed by atoms with Gasteiger partial charge in [0.05, 0.1) is 0 Å². The first-order valence-electron chi connectivity index (χ1n) is 8.57. The zero-order valence-electron chi connectivity index (χ0n) is 14.0. The summed E-state index contributed by atoms with van der Waals surface area (Å²) < 4.78 is 0.548. The molecular formula is C17H34N2S. The summed E-state index contributed by atoms with van der Waals surface area (Å²) in [4.78, 5) is 2.78. The van der Waals surface area contributed by atoms with Crippen LogP contribution in [0.2, 0.25) is 0 Å². The fraction of sp³-hybridized carbons (Fsp3) is 1.00. The highest BCUT2D eigenvalue weighted by molar-refractivity contribution is 8.00. The van der Waals surface area contributed by atoms with Crippen molar-refractivity contribution in [2.24, 2.45) is 5.92 Å². The highest BCUT2D eigenvalue weighted by Crippen LogP contribution is 2.39. The summed E-state index contributed by atoms with van der Waals surface area (Å²) in [5.41, 5.74) is 0. The fourth-order valence-corrected chi connectivity index (χ4v) is 4.93. The molecule has 0 bridgehead atoms. The van der Waals surface area contributed by atoms with Gasteiger partial charge in [-0.15, -0.1) is 0 Å². The Labute approximate surface area is 130 Å². The van der Waals surface area contributed by atoms with Gasteiger partial charge in [0.2, 0.25) is 0 Å². The van der Waals surface area contributed by atoms with Gasteiger partial charge in [-0.05, 0) is 38.4 Å². The molecule has 2 fully saturated rings. The maximum Gasteiger partial charge on any atom is 0.0284 e. The summed E-state index contributed by atoms with van der Waals surface area (Å²) in [6, 6.07) is 1.40. The fourth-order valence-electron chi connectivity index (χ4n) is 3.93. The van der Waals surface area contributed by atoms with Gasteiger partial charge in [-0.2, -0.15) is 11.8 Å². The minimum Gasteiger partial charge on any atom is -0.311 e. The molecule has 2 atom stereocenters. The Morgan fingerprint density at radius 3 is 2.55 bits per heavy atom. The van der Waals surface area contributed by atoms with Crippen molar-refractivity contribution in [2.75, 3.05) is 25.9 Å².